The second-order valence-corrected chi connectivity index (χ2v) is 5.33. The van der Waals surface area contributed by atoms with Gasteiger partial charge in [0.05, 0.1) is 6.42 Å². The summed E-state index contributed by atoms with van der Waals surface area (Å²) in [4.78, 5) is 34.4. The summed E-state index contributed by atoms with van der Waals surface area (Å²) in [6.45, 7) is 0.870. The molecule has 2 rings (SSSR count). The molecule has 1 aliphatic rings. The molecular formula is C16H20N4O4. The van der Waals surface area contributed by atoms with Crippen LogP contribution in [-0.2, 0) is 45.4 Å². The molecule has 8 heteroatoms. The average molecular weight is 332 g/mol. The highest BCUT2D eigenvalue weighted by atomic mass is 16.5. The van der Waals surface area contributed by atoms with E-state index in [1.165, 1.54) is 0 Å². The van der Waals surface area contributed by atoms with E-state index in [-0.39, 0.29) is 31.7 Å². The van der Waals surface area contributed by atoms with Gasteiger partial charge in [-0.25, -0.2) is 0 Å². The van der Waals surface area contributed by atoms with E-state index in [0.29, 0.717) is 6.54 Å². The number of hydrogen-bond donors (Lipinski definition) is 4. The second kappa shape index (κ2) is 7.82. The standard InChI is InChI=1S/C16H20N4O4/c17-5-9-1-11(6-18)13(12(2-9)7-19)8-24-15(22)4-10-3-14(21)20-16(10)23/h1-3H,4-8,17-19H2,(H,20,21,23). The lowest BCUT2D eigenvalue weighted by Gasteiger charge is -2.15. The minimum absolute atomic E-state index is 0.00834. The molecule has 0 fully saturated rings. The van der Waals surface area contributed by atoms with E-state index in [4.69, 9.17) is 21.9 Å². The van der Waals surface area contributed by atoms with Crippen LogP contribution >= 0.6 is 0 Å². The Morgan fingerprint density at radius 3 is 2.12 bits per heavy atom. The maximum atomic E-state index is 11.9. The van der Waals surface area contributed by atoms with Gasteiger partial charge >= 0.3 is 5.97 Å². The van der Waals surface area contributed by atoms with Gasteiger partial charge in [-0.3, -0.25) is 19.7 Å². The highest BCUT2D eigenvalue weighted by Crippen LogP contribution is 2.20. The van der Waals surface area contributed by atoms with Crippen LogP contribution in [0.5, 0.6) is 0 Å². The number of amides is 2. The predicted octanol–water partition coefficient (Wildman–Crippen LogP) is -0.921. The SMILES string of the molecule is NCc1cc(CN)c(COC(=O)CC2=CC(=O)NC2=O)c(CN)c1. The van der Waals surface area contributed by atoms with E-state index in [1.807, 2.05) is 12.1 Å². The third-order valence-electron chi connectivity index (χ3n) is 3.72. The Labute approximate surface area is 139 Å². The van der Waals surface area contributed by atoms with Gasteiger partial charge < -0.3 is 21.9 Å². The maximum absolute atomic E-state index is 11.9. The van der Waals surface area contributed by atoms with Crippen LogP contribution in [0.3, 0.4) is 0 Å². The van der Waals surface area contributed by atoms with Crippen molar-refractivity contribution in [3.8, 4) is 0 Å². The molecule has 0 bridgehead atoms. The number of carbonyl (C=O) groups excluding carboxylic acids is 3. The van der Waals surface area contributed by atoms with Crippen molar-refractivity contribution in [3.63, 3.8) is 0 Å². The molecule has 0 spiro atoms. The summed E-state index contributed by atoms with van der Waals surface area (Å²) < 4.78 is 5.22. The Hall–Kier alpha value is -2.55. The number of nitrogens with two attached hydrogens (primary N) is 3. The highest BCUT2D eigenvalue weighted by Gasteiger charge is 2.23. The largest absolute Gasteiger partial charge is 0.461 e. The molecule has 0 radical (unpaired) electrons. The zero-order valence-electron chi connectivity index (χ0n) is 13.1. The van der Waals surface area contributed by atoms with Gasteiger partial charge in [-0.15, -0.1) is 0 Å². The molecule has 1 heterocycles. The fraction of sp³-hybridized carbons (Fsp3) is 0.312. The number of nitrogens with one attached hydrogen (secondary N) is 1. The fourth-order valence-electron chi connectivity index (χ4n) is 2.48. The molecule has 7 N–H and O–H groups in total. The molecule has 0 saturated carbocycles. The monoisotopic (exact) mass is 332 g/mol. The molecule has 24 heavy (non-hydrogen) atoms. The number of ether oxygens (including phenoxy) is 1. The topological polar surface area (TPSA) is 151 Å². The first-order chi connectivity index (χ1) is 11.5. The van der Waals surface area contributed by atoms with E-state index in [2.05, 4.69) is 5.32 Å². The van der Waals surface area contributed by atoms with E-state index < -0.39 is 17.8 Å². The quantitative estimate of drug-likeness (QED) is 0.372. The van der Waals surface area contributed by atoms with Gasteiger partial charge in [0.2, 0.25) is 0 Å². The van der Waals surface area contributed by atoms with Gasteiger partial charge in [0.25, 0.3) is 11.8 Å². The van der Waals surface area contributed by atoms with Crippen molar-refractivity contribution < 1.29 is 19.1 Å². The molecule has 2 amide bonds. The van der Waals surface area contributed by atoms with Gasteiger partial charge in [-0.1, -0.05) is 12.1 Å². The van der Waals surface area contributed by atoms with Crippen LogP contribution in [0.4, 0.5) is 0 Å². The fourth-order valence-corrected chi connectivity index (χ4v) is 2.48. The molecule has 128 valence electrons. The molecular weight excluding hydrogens is 312 g/mol. The van der Waals surface area contributed by atoms with Crippen LogP contribution in [0.25, 0.3) is 0 Å². The summed E-state index contributed by atoms with van der Waals surface area (Å²) in [7, 11) is 0. The van der Waals surface area contributed by atoms with Crippen LogP contribution in [-0.4, -0.2) is 17.8 Å². The third-order valence-corrected chi connectivity index (χ3v) is 3.72. The molecule has 0 saturated heterocycles. The molecule has 1 aromatic rings. The molecule has 0 aliphatic carbocycles. The molecule has 0 atom stereocenters. The van der Waals surface area contributed by atoms with Crippen molar-refractivity contribution in [1.29, 1.82) is 0 Å². The average Bonchev–Trinajstić information content (AvgIpc) is 2.89. The number of imide groups is 1. The number of esters is 1. The van der Waals surface area contributed by atoms with Crippen molar-refractivity contribution in [2.24, 2.45) is 17.2 Å². The summed E-state index contributed by atoms with van der Waals surface area (Å²) in [5.74, 6) is -1.72. The van der Waals surface area contributed by atoms with Gasteiger partial charge in [-0.2, -0.15) is 0 Å². The lowest BCUT2D eigenvalue weighted by molar-refractivity contribution is -0.144. The Morgan fingerprint density at radius 2 is 1.67 bits per heavy atom. The van der Waals surface area contributed by atoms with Gasteiger partial charge in [-0.05, 0) is 22.3 Å². The number of carbonyl (C=O) groups is 3. The predicted molar refractivity (Wildman–Crippen MR) is 85.8 cm³/mol. The number of benzene rings is 1. The smallest absolute Gasteiger partial charge is 0.310 e. The first-order valence-electron chi connectivity index (χ1n) is 7.43. The molecule has 0 aromatic heterocycles. The second-order valence-electron chi connectivity index (χ2n) is 5.33. The zero-order valence-corrected chi connectivity index (χ0v) is 13.1. The van der Waals surface area contributed by atoms with Crippen molar-refractivity contribution in [3.05, 3.63) is 46.0 Å². The van der Waals surface area contributed by atoms with Crippen molar-refractivity contribution in [1.82, 2.24) is 5.32 Å². The lowest BCUT2D eigenvalue weighted by Crippen LogP contribution is -2.23. The molecule has 1 aliphatic heterocycles. The van der Waals surface area contributed by atoms with Crippen LogP contribution in [0.2, 0.25) is 0 Å². The Bertz CT molecular complexity index is 687. The molecule has 8 nitrogen and oxygen atoms in total. The van der Waals surface area contributed by atoms with Gasteiger partial charge in [0.15, 0.2) is 0 Å². The van der Waals surface area contributed by atoms with Crippen LogP contribution < -0.4 is 22.5 Å². The summed E-state index contributed by atoms with van der Waals surface area (Å²) >= 11 is 0. The molecule has 0 unspecified atom stereocenters. The van der Waals surface area contributed by atoms with Gasteiger partial charge in [0, 0.05) is 31.3 Å². The maximum Gasteiger partial charge on any atom is 0.310 e. The summed E-state index contributed by atoms with van der Waals surface area (Å²) in [5, 5.41) is 2.07. The first kappa shape index (κ1) is 17.8. The van der Waals surface area contributed by atoms with E-state index in [9.17, 15) is 14.4 Å². The summed E-state index contributed by atoms with van der Waals surface area (Å²) in [6.07, 6.45) is 0.824. The minimum atomic E-state index is -0.611. The zero-order chi connectivity index (χ0) is 17.7. The van der Waals surface area contributed by atoms with Crippen LogP contribution in [0.15, 0.2) is 23.8 Å². The highest BCUT2D eigenvalue weighted by molar-refractivity contribution is 6.17. The Balaban J connectivity index is 2.08. The van der Waals surface area contributed by atoms with E-state index in [1.54, 1.807) is 0 Å². The minimum Gasteiger partial charge on any atom is -0.461 e. The third kappa shape index (κ3) is 4.05. The summed E-state index contributed by atoms with van der Waals surface area (Å²) in [6, 6.07) is 3.71. The van der Waals surface area contributed by atoms with Crippen molar-refractivity contribution in [2.45, 2.75) is 32.7 Å². The van der Waals surface area contributed by atoms with Crippen LogP contribution in [0, 0.1) is 0 Å². The normalized spacial score (nSPS) is 13.7. The van der Waals surface area contributed by atoms with Gasteiger partial charge in [0.1, 0.15) is 6.61 Å². The summed E-state index contributed by atoms with van der Waals surface area (Å²) in [5.41, 5.74) is 20.5. The van der Waals surface area contributed by atoms with Crippen molar-refractivity contribution >= 4 is 17.8 Å². The van der Waals surface area contributed by atoms with Crippen LogP contribution in [0.1, 0.15) is 28.7 Å². The Kier molecular flexibility index (Phi) is 5.80. The Morgan fingerprint density at radius 1 is 1.04 bits per heavy atom. The lowest BCUT2D eigenvalue weighted by atomic mass is 9.97. The first-order valence-corrected chi connectivity index (χ1v) is 7.43. The van der Waals surface area contributed by atoms with Crippen molar-refractivity contribution in [2.75, 3.05) is 0 Å². The number of hydrogen-bond acceptors (Lipinski definition) is 7. The molecule has 1 aromatic carbocycles. The van der Waals surface area contributed by atoms with E-state index >= 15 is 0 Å². The number of rotatable bonds is 7. The van der Waals surface area contributed by atoms with E-state index in [0.717, 1.165) is 28.3 Å².